The molecule has 1 aromatic rings. The number of benzene rings is 1. The van der Waals surface area contributed by atoms with Crippen molar-refractivity contribution in [2.45, 2.75) is 59.5 Å². The van der Waals surface area contributed by atoms with E-state index in [9.17, 15) is 10.4 Å². The van der Waals surface area contributed by atoms with Crippen molar-refractivity contribution < 1.29 is 5.11 Å². The van der Waals surface area contributed by atoms with Crippen LogP contribution in [-0.2, 0) is 0 Å². The lowest BCUT2D eigenvalue weighted by molar-refractivity contribution is 0.0211. The molecule has 1 N–H and O–H groups in total. The van der Waals surface area contributed by atoms with Gasteiger partial charge in [0, 0.05) is 0 Å². The molecule has 0 amide bonds. The van der Waals surface area contributed by atoms with Crippen molar-refractivity contribution >= 4 is 0 Å². The number of hydrogen-bond donors (Lipinski definition) is 1. The molecule has 1 saturated carbocycles. The van der Waals surface area contributed by atoms with Crippen LogP contribution in [0.25, 0.3) is 0 Å². The summed E-state index contributed by atoms with van der Waals surface area (Å²) in [6.07, 6.45) is 3.15. The number of aliphatic hydroxyl groups excluding tert-OH is 1. The first-order valence-corrected chi connectivity index (χ1v) is 7.56. The summed E-state index contributed by atoms with van der Waals surface area (Å²) in [7, 11) is 0. The van der Waals surface area contributed by atoms with Crippen LogP contribution < -0.4 is 0 Å². The van der Waals surface area contributed by atoms with Crippen LogP contribution >= 0.6 is 0 Å². The van der Waals surface area contributed by atoms with Crippen LogP contribution in [-0.4, -0.2) is 5.11 Å². The summed E-state index contributed by atoms with van der Waals surface area (Å²) in [5.74, 6) is 0.518. The fraction of sp³-hybridized carbons (Fsp3) is 0.611. The summed E-state index contributed by atoms with van der Waals surface area (Å²) < 4.78 is 0. The first-order chi connectivity index (χ1) is 9.39. The molecule has 20 heavy (non-hydrogen) atoms. The van der Waals surface area contributed by atoms with Crippen LogP contribution in [0.5, 0.6) is 0 Å². The van der Waals surface area contributed by atoms with Crippen molar-refractivity contribution in [2.24, 2.45) is 11.3 Å². The minimum atomic E-state index is -0.671. The number of nitrogens with zero attached hydrogens (tertiary/aromatic N) is 1. The summed E-state index contributed by atoms with van der Waals surface area (Å²) in [4.78, 5) is 0. The summed E-state index contributed by atoms with van der Waals surface area (Å²) in [5, 5.41) is 20.7. The quantitative estimate of drug-likeness (QED) is 0.868. The molecule has 0 saturated heterocycles. The zero-order valence-corrected chi connectivity index (χ0v) is 13.0. The number of aryl methyl sites for hydroxylation is 3. The highest BCUT2D eigenvalue weighted by Gasteiger charge is 2.43. The van der Waals surface area contributed by atoms with Gasteiger partial charge in [0.05, 0.1) is 17.6 Å². The fourth-order valence-corrected chi connectivity index (χ4v) is 3.90. The van der Waals surface area contributed by atoms with E-state index >= 15 is 0 Å². The largest absolute Gasteiger partial charge is 0.387 e. The maximum absolute atomic E-state index is 10.9. The Bertz CT molecular complexity index is 520. The first kappa shape index (κ1) is 15.1. The molecule has 0 radical (unpaired) electrons. The lowest BCUT2D eigenvalue weighted by atomic mass is 9.65. The average Bonchev–Trinajstić information content (AvgIpc) is 2.37. The summed E-state index contributed by atoms with van der Waals surface area (Å²) in [6.45, 7) is 8.33. The van der Waals surface area contributed by atoms with Gasteiger partial charge in [-0.2, -0.15) is 5.26 Å². The maximum Gasteiger partial charge on any atom is 0.0981 e. The summed E-state index contributed by atoms with van der Waals surface area (Å²) in [6, 6.07) is 6.67. The van der Waals surface area contributed by atoms with Crippen molar-refractivity contribution in [2.75, 3.05) is 0 Å². The molecular weight excluding hydrogens is 246 g/mol. The van der Waals surface area contributed by atoms with E-state index in [2.05, 4.69) is 32.0 Å². The Morgan fingerprint density at radius 1 is 1.30 bits per heavy atom. The van der Waals surface area contributed by atoms with Crippen molar-refractivity contribution in [3.05, 3.63) is 34.4 Å². The van der Waals surface area contributed by atoms with E-state index in [1.54, 1.807) is 0 Å². The molecule has 0 heterocycles. The zero-order valence-electron chi connectivity index (χ0n) is 13.0. The lowest BCUT2D eigenvalue weighted by Crippen LogP contribution is -2.33. The third kappa shape index (κ3) is 2.60. The van der Waals surface area contributed by atoms with Crippen molar-refractivity contribution in [3.63, 3.8) is 0 Å². The van der Waals surface area contributed by atoms with Crippen LogP contribution in [0.1, 0.15) is 61.0 Å². The van der Waals surface area contributed by atoms with E-state index in [-0.39, 0.29) is 0 Å². The Labute approximate surface area is 122 Å². The summed E-state index contributed by atoms with van der Waals surface area (Å²) in [5.41, 5.74) is 3.76. The minimum Gasteiger partial charge on any atom is -0.387 e. The predicted octanol–water partition coefficient (Wildman–Crippen LogP) is 4.37. The second kappa shape index (κ2) is 5.58. The molecule has 3 atom stereocenters. The Morgan fingerprint density at radius 3 is 2.40 bits per heavy atom. The molecular formula is C18H25NO. The molecule has 1 aliphatic rings. The van der Waals surface area contributed by atoms with Crippen LogP contribution in [0.2, 0.25) is 0 Å². The van der Waals surface area contributed by atoms with Gasteiger partial charge >= 0.3 is 0 Å². The third-order valence-corrected chi connectivity index (χ3v) is 4.79. The highest BCUT2D eigenvalue weighted by molar-refractivity contribution is 5.40. The normalized spacial score (nSPS) is 27.9. The van der Waals surface area contributed by atoms with Crippen LogP contribution in [0.3, 0.4) is 0 Å². The van der Waals surface area contributed by atoms with Gasteiger partial charge in [0.2, 0.25) is 0 Å². The second-order valence-corrected chi connectivity index (χ2v) is 6.68. The van der Waals surface area contributed by atoms with E-state index in [1.165, 1.54) is 12.0 Å². The van der Waals surface area contributed by atoms with E-state index in [1.807, 2.05) is 13.8 Å². The molecule has 108 valence electrons. The number of nitriles is 1. The van der Waals surface area contributed by atoms with Crippen molar-refractivity contribution in [1.82, 2.24) is 0 Å². The molecule has 0 bridgehead atoms. The van der Waals surface area contributed by atoms with E-state index in [0.717, 1.165) is 36.0 Å². The van der Waals surface area contributed by atoms with Crippen LogP contribution in [0, 0.1) is 43.4 Å². The van der Waals surface area contributed by atoms with Gasteiger partial charge in [-0.15, -0.1) is 0 Å². The predicted molar refractivity (Wildman–Crippen MR) is 81.3 cm³/mol. The molecule has 0 aromatic heterocycles. The molecule has 3 unspecified atom stereocenters. The molecule has 1 aliphatic carbocycles. The fourth-order valence-electron chi connectivity index (χ4n) is 3.90. The van der Waals surface area contributed by atoms with Gasteiger partial charge in [0.15, 0.2) is 0 Å². The maximum atomic E-state index is 10.9. The second-order valence-electron chi connectivity index (χ2n) is 6.68. The lowest BCUT2D eigenvalue weighted by Gasteiger charge is -2.39. The smallest absolute Gasteiger partial charge is 0.0981 e. The number of hydrogen-bond acceptors (Lipinski definition) is 2. The van der Waals surface area contributed by atoms with E-state index < -0.39 is 11.5 Å². The van der Waals surface area contributed by atoms with E-state index in [0.29, 0.717) is 5.92 Å². The molecule has 1 fully saturated rings. The first-order valence-electron chi connectivity index (χ1n) is 7.56. The van der Waals surface area contributed by atoms with E-state index in [4.69, 9.17) is 0 Å². The molecule has 0 aliphatic heterocycles. The van der Waals surface area contributed by atoms with Gasteiger partial charge in [-0.1, -0.05) is 37.5 Å². The minimum absolute atomic E-state index is 0.518. The highest BCUT2D eigenvalue weighted by Crippen LogP contribution is 2.48. The van der Waals surface area contributed by atoms with Crippen LogP contribution in [0.4, 0.5) is 0 Å². The van der Waals surface area contributed by atoms with Gasteiger partial charge in [-0.3, -0.25) is 0 Å². The zero-order chi connectivity index (χ0) is 14.9. The van der Waals surface area contributed by atoms with Crippen LogP contribution in [0.15, 0.2) is 12.1 Å². The Kier molecular flexibility index (Phi) is 4.20. The topological polar surface area (TPSA) is 44.0 Å². The standard InChI is InChI=1S/C18H25NO/c1-12-6-5-7-18(10-12,11-19)17(20)16-14(3)8-13(2)9-15(16)4/h8-9,12,17,20H,5-7,10H2,1-4H3. The Hall–Kier alpha value is -1.33. The Morgan fingerprint density at radius 2 is 1.90 bits per heavy atom. The van der Waals surface area contributed by atoms with Crippen molar-refractivity contribution in [1.29, 1.82) is 5.26 Å². The SMILES string of the molecule is Cc1cc(C)c(C(O)C2(C#N)CCCC(C)C2)c(C)c1. The third-order valence-electron chi connectivity index (χ3n) is 4.79. The number of aliphatic hydroxyl groups is 1. The highest BCUT2D eigenvalue weighted by atomic mass is 16.3. The average molecular weight is 271 g/mol. The molecule has 1 aromatic carbocycles. The van der Waals surface area contributed by atoms with Gasteiger partial charge in [0.25, 0.3) is 0 Å². The number of rotatable bonds is 2. The van der Waals surface area contributed by atoms with Gasteiger partial charge in [-0.25, -0.2) is 0 Å². The molecule has 2 nitrogen and oxygen atoms in total. The summed E-state index contributed by atoms with van der Waals surface area (Å²) >= 11 is 0. The van der Waals surface area contributed by atoms with Gasteiger partial charge < -0.3 is 5.11 Å². The molecule has 2 heteroatoms. The monoisotopic (exact) mass is 271 g/mol. The van der Waals surface area contributed by atoms with Gasteiger partial charge in [-0.05, 0) is 56.2 Å². The van der Waals surface area contributed by atoms with Crippen molar-refractivity contribution in [3.8, 4) is 6.07 Å². The Balaban J connectivity index is 2.44. The molecule has 2 rings (SSSR count). The van der Waals surface area contributed by atoms with Gasteiger partial charge in [0.1, 0.15) is 0 Å². The molecule has 0 spiro atoms.